The Hall–Kier alpha value is -18.4. The van der Waals surface area contributed by atoms with Crippen molar-refractivity contribution in [2.45, 2.75) is 81.8 Å². The number of hydrogen-bond donors (Lipinski definition) is 6. The fraction of sp³-hybridized carbons (Fsp3) is 0.200. The summed E-state index contributed by atoms with van der Waals surface area (Å²) < 4.78 is 99.0. The minimum absolute atomic E-state index is 0.121. The van der Waals surface area contributed by atoms with E-state index in [-0.39, 0.29) is 99.8 Å². The van der Waals surface area contributed by atoms with Crippen molar-refractivity contribution in [3.05, 3.63) is 364 Å². The van der Waals surface area contributed by atoms with Gasteiger partial charge in [-0.2, -0.15) is 13.2 Å². The number of ether oxygens (including phenoxy) is 4. The number of carbonyl (C=O) groups is 5. The summed E-state index contributed by atoms with van der Waals surface area (Å²) in [5.41, 5.74) is 35.9. The third kappa shape index (κ3) is 29.2. The van der Waals surface area contributed by atoms with Crippen LogP contribution in [0.1, 0.15) is 95.6 Å². The molecule has 0 aliphatic carbocycles. The Balaban J connectivity index is 0.000000163. The van der Waals surface area contributed by atoms with Crippen LogP contribution in [0.2, 0.25) is 0 Å². The summed E-state index contributed by atoms with van der Waals surface area (Å²) in [5.74, 6) is -3.90. The van der Waals surface area contributed by atoms with Crippen molar-refractivity contribution < 1.29 is 96.5 Å². The number of para-hydroxylation sites is 1. The second kappa shape index (κ2) is 49.7. The summed E-state index contributed by atoms with van der Waals surface area (Å²) in [5, 5.41) is 14.8. The maximum atomic E-state index is 12.6. The number of halogens is 3. The maximum Gasteiger partial charge on any atom is 0.417 e. The number of anilines is 8. The van der Waals surface area contributed by atoms with Crippen LogP contribution < -0.4 is 88.4 Å². The Morgan fingerprint density at radius 3 is 1.17 bits per heavy atom. The minimum Gasteiger partial charge on any atom is -0.481 e. The Kier molecular flexibility index (Phi) is 37.0. The van der Waals surface area contributed by atoms with Gasteiger partial charge in [-0.15, -0.1) is 11.3 Å². The molecule has 0 unspecified atom stereocenters. The lowest BCUT2D eigenvalue weighted by Gasteiger charge is -2.21. The van der Waals surface area contributed by atoms with E-state index < -0.39 is 69.7 Å². The Bertz CT molecular complexity index is 8630. The SMILES string of the molecule is C=C(C)C(=O)OCCOC(=O)c1cc2ccc(N(CC)CC)cc2oc1=O.C=C(C)C(=O)OCCOC(=O)c1cc2ccc(N)cc2oc1=O.CCN(CC)c1ccc2c(C)cc(=O)oc2c1.Cc1c(CC(=O)O)c(=O)oc2cc(N)ccc12.Cc1cc(=O)oc2cc(N(C)C)ccc12.Cc1cc(=O)oc2cc(N)ccc12.Nc1ccc2c(C(F)(F)F)cc(=O)oc2c1.Nc1ccc2cc(-c3nc4ccccc4s3)c(=O)oc2c1. The zero-order valence-electron chi connectivity index (χ0n) is 82.9. The second-order valence-corrected chi connectivity index (χ2v) is 34.4. The zero-order chi connectivity index (χ0) is 109. The average Bonchev–Trinajstić information content (AvgIpc) is 1.61. The van der Waals surface area contributed by atoms with Crippen LogP contribution in [0, 0.1) is 27.7 Å². The number of thiazole rings is 1. The lowest BCUT2D eigenvalue weighted by atomic mass is 10.0. The molecule has 0 fully saturated rings. The molecule has 0 bridgehead atoms. The van der Waals surface area contributed by atoms with Crippen LogP contribution in [0.25, 0.3) is 109 Å². The number of carbonyl (C=O) groups excluding carboxylic acids is 4. The fourth-order valence-electron chi connectivity index (χ4n) is 14.7. The van der Waals surface area contributed by atoms with E-state index in [1.807, 2.05) is 126 Å². The molecule has 18 aromatic rings. The molecule has 35 nitrogen and oxygen atoms in total. The van der Waals surface area contributed by atoms with Crippen molar-refractivity contribution in [3.63, 3.8) is 0 Å². The van der Waals surface area contributed by atoms with E-state index in [0.717, 1.165) is 91.7 Å². The van der Waals surface area contributed by atoms with Crippen molar-refractivity contribution in [1.29, 1.82) is 0 Å². The smallest absolute Gasteiger partial charge is 0.417 e. The van der Waals surface area contributed by atoms with Gasteiger partial charge >= 0.3 is 81.0 Å². The summed E-state index contributed by atoms with van der Waals surface area (Å²) in [7, 11) is 3.91. The lowest BCUT2D eigenvalue weighted by Crippen LogP contribution is -2.22. The Morgan fingerprint density at radius 1 is 0.396 bits per heavy atom. The highest BCUT2D eigenvalue weighted by atomic mass is 32.1. The number of carboxylic acid groups (broad SMARTS) is 1. The third-order valence-corrected chi connectivity index (χ3v) is 23.4. The number of nitrogen functional groups attached to an aromatic ring is 5. The van der Waals surface area contributed by atoms with Crippen LogP contribution >= 0.6 is 11.3 Å². The number of esters is 4. The van der Waals surface area contributed by atoms with Gasteiger partial charge < -0.3 is 103 Å². The monoisotopic (exact) mass is 2060 g/mol. The van der Waals surface area contributed by atoms with E-state index >= 15 is 0 Å². The van der Waals surface area contributed by atoms with Crippen LogP contribution in [0.3, 0.4) is 0 Å². The number of aromatic nitrogens is 1. The number of fused-ring (bicyclic) bond motifs is 9. The van der Waals surface area contributed by atoms with Gasteiger partial charge in [-0.1, -0.05) is 25.3 Å². The molecule has 0 atom stereocenters. The molecule has 772 valence electrons. The Morgan fingerprint density at radius 2 is 0.738 bits per heavy atom. The summed E-state index contributed by atoms with van der Waals surface area (Å²) in [6.45, 7) is 28.5. The molecule has 0 saturated carbocycles. The van der Waals surface area contributed by atoms with Gasteiger partial charge in [0, 0.05) is 213 Å². The molecule has 9 heterocycles. The van der Waals surface area contributed by atoms with E-state index in [2.05, 4.69) is 52.3 Å². The number of nitrogens with zero attached hydrogens (tertiary/aromatic N) is 4. The molecule has 0 saturated heterocycles. The molecular weight excluding hydrogens is 1950 g/mol. The van der Waals surface area contributed by atoms with Crippen LogP contribution in [0.4, 0.5) is 58.7 Å². The number of alkyl halides is 3. The summed E-state index contributed by atoms with van der Waals surface area (Å²) in [4.78, 5) is 160. The quantitative estimate of drug-likeness (QED) is 0.0103. The topological polar surface area (TPSA) is 537 Å². The van der Waals surface area contributed by atoms with Gasteiger partial charge in [0.15, 0.2) is 0 Å². The first-order chi connectivity index (χ1) is 70.7. The maximum absolute atomic E-state index is 12.6. The first-order valence-corrected chi connectivity index (χ1v) is 46.6. The number of aryl methyl sites for hydroxylation is 4. The van der Waals surface area contributed by atoms with E-state index in [1.54, 1.807) is 79.7 Å². The van der Waals surface area contributed by atoms with Crippen molar-refractivity contribution in [2.75, 3.05) is 110 Å². The van der Waals surface area contributed by atoms with Gasteiger partial charge in [0.2, 0.25) is 0 Å². The van der Waals surface area contributed by atoms with E-state index in [1.165, 1.54) is 79.8 Å². The number of rotatable bonds is 20. The number of benzene rings is 9. The van der Waals surface area contributed by atoms with E-state index in [4.69, 9.17) is 83.6 Å². The van der Waals surface area contributed by atoms with E-state index in [9.17, 15) is 75.5 Å². The van der Waals surface area contributed by atoms with Crippen LogP contribution in [0.5, 0.6) is 0 Å². The van der Waals surface area contributed by atoms with Crippen LogP contribution in [-0.2, 0) is 45.9 Å². The number of nitrogens with two attached hydrogens (primary N) is 5. The summed E-state index contributed by atoms with van der Waals surface area (Å²) in [6, 6.07) is 58.6. The van der Waals surface area contributed by atoms with Gasteiger partial charge in [-0.3, -0.25) is 4.79 Å². The second-order valence-electron chi connectivity index (χ2n) is 33.4. The number of carboxylic acids is 1. The van der Waals surface area contributed by atoms with Crippen molar-refractivity contribution in [1.82, 2.24) is 4.98 Å². The average molecular weight is 2060 g/mol. The van der Waals surface area contributed by atoms with Gasteiger partial charge in [-0.05, 0) is 219 Å². The van der Waals surface area contributed by atoms with Crippen LogP contribution in [-0.4, -0.2) is 107 Å². The highest BCUT2D eigenvalue weighted by molar-refractivity contribution is 7.21. The predicted molar refractivity (Wildman–Crippen MR) is 569 cm³/mol. The van der Waals surface area contributed by atoms with E-state index in [0.29, 0.717) is 94.6 Å². The molecule has 9 aromatic heterocycles. The molecule has 149 heavy (non-hydrogen) atoms. The highest BCUT2D eigenvalue weighted by Crippen LogP contribution is 2.36. The molecule has 39 heteroatoms. The normalized spacial score (nSPS) is 10.8. The lowest BCUT2D eigenvalue weighted by molar-refractivity contribution is -0.140. The summed E-state index contributed by atoms with van der Waals surface area (Å²) in [6.07, 6.45) is -4.93. The number of hydrogen-bond acceptors (Lipinski definition) is 35. The van der Waals surface area contributed by atoms with Crippen molar-refractivity contribution >= 4 is 185 Å². The van der Waals surface area contributed by atoms with Crippen LogP contribution in [0.15, 0.2) is 310 Å². The Labute approximate surface area is 848 Å². The molecule has 0 aliphatic heterocycles. The highest BCUT2D eigenvalue weighted by Gasteiger charge is 2.34. The summed E-state index contributed by atoms with van der Waals surface area (Å²) >= 11 is 1.48. The first-order valence-electron chi connectivity index (χ1n) is 45.8. The molecule has 0 radical (unpaired) electrons. The molecule has 0 amide bonds. The zero-order valence-corrected chi connectivity index (χ0v) is 83.7. The third-order valence-electron chi connectivity index (χ3n) is 22.3. The standard InChI is InChI=1S/C20H23NO6.C16H10N2O2S.C16H15NO6.C14H17NO2.C12H11NO4.C12H13NO2.C10H6F3NO2.C10H9NO2/c1-5-21(6-2)15-8-7-14-11-16(20(24)27-17(14)12-15)19(23)26-10-9-25-18(22)13(3)4;17-10-6-5-9-7-11(16(19)20-13(9)8-10)15-18-12-3-1-2-4-14(12)21-15;1-9(2)14(18)21-5-6-22-15(19)12-7-10-3-4-11(17)8-13(10)23-16(12)20;1-4-15(5-2)11-6-7-12-10(3)8-14(16)17-13(12)9-11;1-6-8-3-2-7(13)4-10(8)17-12(16)9(6)5-11(14)15;1-8-6-12(14)15-11-7-9(13(2)3)4-5-10(8)11;11-10(12,13)7-4-9(15)16-8-3-5(14)1-2-6(7)8;1-6-4-10(12)13-9-5-7(11)2-3-8(6)9/h7-8,11-12H,3,5-6,9-10H2,1-2,4H3;1-8H,17H2;3-4,7-8H,1,5-6,17H2,2H3;6-9H,4-5H2,1-3H3;2-4H,5,13H2,1H3,(H,14,15);4-7H,1-3H3;1-4H,14H2;2-5H,11H2,1H3. The first kappa shape index (κ1) is 111. The van der Waals surface area contributed by atoms with Gasteiger partial charge in [0.05, 0.1) is 33.3 Å². The van der Waals surface area contributed by atoms with Crippen molar-refractivity contribution in [2.24, 2.45) is 0 Å². The van der Waals surface area contributed by atoms with Crippen molar-refractivity contribution in [3.8, 4) is 10.6 Å². The fourth-order valence-corrected chi connectivity index (χ4v) is 15.7. The number of aliphatic carboxylic acids is 1. The molecule has 0 spiro atoms. The molecular formula is C110H104F3N9O26S. The molecule has 11 N–H and O–H groups in total. The van der Waals surface area contributed by atoms with Gasteiger partial charge in [-0.25, -0.2) is 62.5 Å². The minimum atomic E-state index is -4.59. The molecule has 0 aliphatic rings. The molecule has 18 rings (SSSR count). The van der Waals surface area contributed by atoms with Gasteiger partial charge in [0.25, 0.3) is 0 Å². The largest absolute Gasteiger partial charge is 0.481 e. The molecule has 9 aromatic carbocycles. The van der Waals surface area contributed by atoms with Gasteiger partial charge in [0.1, 0.15) is 87.2 Å². The predicted octanol–water partition coefficient (Wildman–Crippen LogP) is 18.7.